The second kappa shape index (κ2) is 4.74. The Kier molecular flexibility index (Phi) is 5.25. The monoisotopic (exact) mass is 351 g/mol. The van der Waals surface area contributed by atoms with Crippen molar-refractivity contribution in [1.29, 1.82) is 0 Å². The molecule has 0 saturated heterocycles. The zero-order chi connectivity index (χ0) is 5.98. The summed E-state index contributed by atoms with van der Waals surface area (Å²) in [7, 11) is 0. The molecule has 0 unspecified atom stereocenters. The van der Waals surface area contributed by atoms with Crippen LogP contribution in [0.4, 0.5) is 0 Å². The molecule has 1 rings (SSSR count). The predicted octanol–water partition coefficient (Wildman–Crippen LogP) is 1.31. The van der Waals surface area contributed by atoms with Crippen molar-refractivity contribution >= 4 is 0 Å². The summed E-state index contributed by atoms with van der Waals surface area (Å²) < 4.78 is 0. The van der Waals surface area contributed by atoms with Crippen LogP contribution in [0.3, 0.4) is 0 Å². The Morgan fingerprint density at radius 1 is 1.11 bits per heavy atom. The Bertz CT molecular complexity index is 59.5. The van der Waals surface area contributed by atoms with E-state index in [0.717, 1.165) is 25.7 Å². The molecule has 0 amide bonds. The average Bonchev–Trinajstić information content (AvgIpc) is 1.77. The fraction of sp³-hybridized carbons (Fsp3) is 1.00. The van der Waals surface area contributed by atoms with Crippen LogP contribution in [0.15, 0.2) is 0 Å². The standard InChI is InChI=1S/C6H13N2.U/c7-5-1-2-6(8)4-3-5;/h5-7H,1-4,8H2;/q-1;. The van der Waals surface area contributed by atoms with Crippen LogP contribution < -0.4 is 5.73 Å². The molecule has 1 fully saturated rings. The van der Waals surface area contributed by atoms with E-state index in [-0.39, 0.29) is 37.2 Å². The Morgan fingerprint density at radius 2 is 1.56 bits per heavy atom. The maximum absolute atomic E-state index is 7.31. The number of hydrogen-bond donors (Lipinski definition) is 1. The summed E-state index contributed by atoms with van der Waals surface area (Å²) in [5, 5.41) is 0. The Balaban J connectivity index is 0.000000640. The molecule has 0 bridgehead atoms. The molecule has 0 aromatic heterocycles. The van der Waals surface area contributed by atoms with Gasteiger partial charge in [-0.1, -0.05) is 12.8 Å². The summed E-state index contributed by atoms with van der Waals surface area (Å²) in [5.74, 6) is 0. The summed E-state index contributed by atoms with van der Waals surface area (Å²) in [6.07, 6.45) is 4.16. The van der Waals surface area contributed by atoms with Gasteiger partial charge in [0, 0.05) is 37.2 Å². The zero-order valence-electron chi connectivity index (χ0n) is 5.56. The molecule has 0 radical (unpaired) electrons. The number of nitrogens with two attached hydrogens (primary N) is 1. The number of nitrogens with one attached hydrogen (secondary N) is 1. The quantitative estimate of drug-likeness (QED) is 0.703. The molecule has 3 heteroatoms. The van der Waals surface area contributed by atoms with Crippen molar-refractivity contribution in [2.24, 2.45) is 5.73 Å². The molecular formula is C6H13N2U-. The minimum Gasteiger partial charge on any atom is -0.675 e. The van der Waals surface area contributed by atoms with Crippen LogP contribution in [0.25, 0.3) is 5.73 Å². The summed E-state index contributed by atoms with van der Waals surface area (Å²) in [5.41, 5.74) is 12.9. The van der Waals surface area contributed by atoms with Gasteiger partial charge in [-0.2, -0.15) is 0 Å². The third-order valence-electron chi connectivity index (χ3n) is 1.77. The van der Waals surface area contributed by atoms with Gasteiger partial charge in [-0.05, 0) is 12.8 Å². The third-order valence-corrected chi connectivity index (χ3v) is 1.77. The van der Waals surface area contributed by atoms with E-state index in [1.807, 2.05) is 0 Å². The first-order valence-electron chi connectivity index (χ1n) is 3.26. The largest absolute Gasteiger partial charge is 0.675 e. The molecule has 0 aliphatic heterocycles. The fourth-order valence-electron chi connectivity index (χ4n) is 1.12. The van der Waals surface area contributed by atoms with Crippen molar-refractivity contribution in [3.05, 3.63) is 5.73 Å². The smallest absolute Gasteiger partial charge is 0.00377 e. The molecule has 52 valence electrons. The molecule has 2 nitrogen and oxygen atoms in total. The molecule has 0 atom stereocenters. The molecule has 0 spiro atoms. The first-order valence-corrected chi connectivity index (χ1v) is 3.26. The van der Waals surface area contributed by atoms with Crippen molar-refractivity contribution < 1.29 is 31.1 Å². The normalized spacial score (nSPS) is 35.3. The topological polar surface area (TPSA) is 49.8 Å². The van der Waals surface area contributed by atoms with Gasteiger partial charge in [-0.25, -0.2) is 0 Å². The van der Waals surface area contributed by atoms with Crippen LogP contribution in [0.5, 0.6) is 0 Å². The average molecular weight is 351 g/mol. The molecule has 1 aliphatic carbocycles. The SMILES string of the molecule is [NH-]C1CCC(N)CC1.[U]. The van der Waals surface area contributed by atoms with Gasteiger partial charge in [-0.3, -0.25) is 0 Å². The second-order valence-corrected chi connectivity index (χ2v) is 2.61. The predicted molar refractivity (Wildman–Crippen MR) is 34.6 cm³/mol. The molecule has 1 saturated carbocycles. The van der Waals surface area contributed by atoms with Crippen molar-refractivity contribution in [3.8, 4) is 0 Å². The molecular weight excluding hydrogens is 338 g/mol. The first kappa shape index (κ1) is 9.97. The fourth-order valence-corrected chi connectivity index (χ4v) is 1.12. The minimum absolute atomic E-state index is 0. The van der Waals surface area contributed by atoms with Crippen LogP contribution in [0.2, 0.25) is 0 Å². The maximum Gasteiger partial charge on any atom is 0.00377 e. The maximum atomic E-state index is 7.31. The van der Waals surface area contributed by atoms with Gasteiger partial charge in [0.15, 0.2) is 0 Å². The van der Waals surface area contributed by atoms with Crippen LogP contribution in [0.1, 0.15) is 25.7 Å². The van der Waals surface area contributed by atoms with E-state index < -0.39 is 0 Å². The van der Waals surface area contributed by atoms with Crippen LogP contribution in [-0.2, 0) is 0 Å². The van der Waals surface area contributed by atoms with E-state index in [2.05, 4.69) is 0 Å². The summed E-state index contributed by atoms with van der Waals surface area (Å²) in [4.78, 5) is 0. The van der Waals surface area contributed by atoms with E-state index in [1.165, 1.54) is 0 Å². The van der Waals surface area contributed by atoms with E-state index in [0.29, 0.717) is 6.04 Å². The van der Waals surface area contributed by atoms with Crippen molar-refractivity contribution in [1.82, 2.24) is 0 Å². The summed E-state index contributed by atoms with van der Waals surface area (Å²) in [6.45, 7) is 0. The number of hydrogen-bond acceptors (Lipinski definition) is 1. The van der Waals surface area contributed by atoms with Gasteiger partial charge in [0.2, 0.25) is 0 Å². The van der Waals surface area contributed by atoms with E-state index in [1.54, 1.807) is 0 Å². The number of rotatable bonds is 0. The van der Waals surface area contributed by atoms with Crippen molar-refractivity contribution in [3.63, 3.8) is 0 Å². The van der Waals surface area contributed by atoms with Gasteiger partial charge < -0.3 is 11.5 Å². The van der Waals surface area contributed by atoms with Crippen molar-refractivity contribution in [2.45, 2.75) is 37.8 Å². The molecule has 3 N–H and O–H groups in total. The zero-order valence-corrected chi connectivity index (χ0v) is 9.72. The van der Waals surface area contributed by atoms with Gasteiger partial charge in [0.05, 0.1) is 0 Å². The molecule has 0 heterocycles. The van der Waals surface area contributed by atoms with Crippen LogP contribution in [0, 0.1) is 31.1 Å². The molecule has 9 heavy (non-hydrogen) atoms. The Labute approximate surface area is 80.1 Å². The molecule has 0 aromatic carbocycles. The first-order chi connectivity index (χ1) is 3.79. The van der Waals surface area contributed by atoms with Gasteiger partial charge in [0.1, 0.15) is 0 Å². The van der Waals surface area contributed by atoms with E-state index >= 15 is 0 Å². The molecule has 0 aromatic rings. The Morgan fingerprint density at radius 3 is 1.89 bits per heavy atom. The van der Waals surface area contributed by atoms with Crippen LogP contribution in [-0.4, -0.2) is 12.1 Å². The second-order valence-electron chi connectivity index (χ2n) is 2.61. The van der Waals surface area contributed by atoms with E-state index in [9.17, 15) is 0 Å². The van der Waals surface area contributed by atoms with Gasteiger partial charge in [-0.15, -0.1) is 6.04 Å². The van der Waals surface area contributed by atoms with Gasteiger partial charge >= 0.3 is 0 Å². The third kappa shape index (κ3) is 3.62. The van der Waals surface area contributed by atoms with Gasteiger partial charge in [0.25, 0.3) is 0 Å². The van der Waals surface area contributed by atoms with Crippen LogP contribution >= 0.6 is 0 Å². The summed E-state index contributed by atoms with van der Waals surface area (Å²) >= 11 is 0. The summed E-state index contributed by atoms with van der Waals surface area (Å²) in [6, 6.07) is 0.589. The molecule has 1 aliphatic rings. The van der Waals surface area contributed by atoms with E-state index in [4.69, 9.17) is 11.5 Å². The van der Waals surface area contributed by atoms with Crippen molar-refractivity contribution in [2.75, 3.05) is 0 Å². The Hall–Kier alpha value is 0.972. The minimum atomic E-state index is 0.